The smallest absolute Gasteiger partial charge is 0.366 e. The van der Waals surface area contributed by atoms with Crippen LogP contribution in [0.1, 0.15) is 35.0 Å². The van der Waals surface area contributed by atoms with Gasteiger partial charge in [-0.05, 0) is 43.2 Å². The lowest BCUT2D eigenvalue weighted by atomic mass is 10.2. The number of rotatable bonds is 4. The van der Waals surface area contributed by atoms with Gasteiger partial charge in [0.05, 0.1) is 5.52 Å². The van der Waals surface area contributed by atoms with Crippen LogP contribution in [0.25, 0.3) is 22.4 Å². The monoisotopic (exact) mass is 357 g/mol. The molecule has 6 heteroatoms. The molecule has 2 aromatic carbocycles. The van der Waals surface area contributed by atoms with E-state index in [-0.39, 0.29) is 11.6 Å². The molecule has 5 rings (SSSR count). The normalized spacial score (nSPS) is 13.6. The van der Waals surface area contributed by atoms with Gasteiger partial charge in [0.15, 0.2) is 5.69 Å². The summed E-state index contributed by atoms with van der Waals surface area (Å²) in [6, 6.07) is 14.8. The average molecular weight is 357 g/mol. The maximum Gasteiger partial charge on any atom is 0.366 e. The number of benzene rings is 2. The van der Waals surface area contributed by atoms with Gasteiger partial charge in [-0.15, -0.1) is 0 Å². The van der Waals surface area contributed by atoms with Crippen LogP contribution >= 0.6 is 0 Å². The first-order chi connectivity index (χ1) is 13.3. The van der Waals surface area contributed by atoms with E-state index in [0.717, 1.165) is 29.3 Å². The van der Waals surface area contributed by atoms with Crippen molar-refractivity contribution in [3.63, 3.8) is 0 Å². The fourth-order valence-electron chi connectivity index (χ4n) is 2.99. The molecule has 0 bridgehead atoms. The summed E-state index contributed by atoms with van der Waals surface area (Å²) >= 11 is 0. The van der Waals surface area contributed by atoms with Gasteiger partial charge in [0.25, 0.3) is 0 Å². The molecule has 132 valence electrons. The molecule has 0 spiro atoms. The number of esters is 1. The molecule has 0 aliphatic heterocycles. The summed E-state index contributed by atoms with van der Waals surface area (Å²) < 4.78 is 11.5. The Bertz CT molecular complexity index is 1130. The molecule has 1 aliphatic rings. The van der Waals surface area contributed by atoms with E-state index in [2.05, 4.69) is 15.0 Å². The number of ether oxygens (including phenoxy) is 1. The lowest BCUT2D eigenvalue weighted by molar-refractivity contribution is 0.0727. The molecule has 0 saturated heterocycles. The highest BCUT2D eigenvalue weighted by Crippen LogP contribution is 2.43. The fraction of sp³-hybridized carbons (Fsp3) is 0.143. The van der Waals surface area contributed by atoms with E-state index in [4.69, 9.17) is 9.15 Å². The van der Waals surface area contributed by atoms with Crippen LogP contribution in [0.4, 0.5) is 0 Å². The van der Waals surface area contributed by atoms with Gasteiger partial charge >= 0.3 is 5.97 Å². The van der Waals surface area contributed by atoms with E-state index in [1.54, 1.807) is 24.4 Å². The van der Waals surface area contributed by atoms with Gasteiger partial charge in [-0.1, -0.05) is 18.2 Å². The van der Waals surface area contributed by atoms with Crippen molar-refractivity contribution in [1.29, 1.82) is 0 Å². The summed E-state index contributed by atoms with van der Waals surface area (Å²) in [7, 11) is 0. The van der Waals surface area contributed by atoms with Crippen molar-refractivity contribution in [2.24, 2.45) is 0 Å². The molecule has 2 aromatic heterocycles. The van der Waals surface area contributed by atoms with Crippen LogP contribution in [-0.4, -0.2) is 20.9 Å². The Labute approximate surface area is 154 Å². The second-order valence-corrected chi connectivity index (χ2v) is 6.51. The second-order valence-electron chi connectivity index (χ2n) is 6.51. The van der Waals surface area contributed by atoms with Crippen molar-refractivity contribution in [3.8, 4) is 17.2 Å². The van der Waals surface area contributed by atoms with Crippen molar-refractivity contribution < 1.29 is 13.9 Å². The Balaban J connectivity index is 1.47. The first kappa shape index (κ1) is 15.7. The largest absolute Gasteiger partial charge is 0.440 e. The van der Waals surface area contributed by atoms with Crippen LogP contribution < -0.4 is 4.74 Å². The van der Waals surface area contributed by atoms with Crippen LogP contribution in [-0.2, 0) is 0 Å². The van der Waals surface area contributed by atoms with Crippen molar-refractivity contribution in [3.05, 3.63) is 72.5 Å². The number of hydrogen-bond acceptors (Lipinski definition) is 6. The first-order valence-corrected chi connectivity index (χ1v) is 8.76. The molecule has 0 radical (unpaired) electrons. The highest BCUT2D eigenvalue weighted by molar-refractivity contribution is 5.91. The van der Waals surface area contributed by atoms with Gasteiger partial charge in [-0.3, -0.25) is 0 Å². The maximum atomic E-state index is 12.8. The van der Waals surface area contributed by atoms with Crippen LogP contribution in [0.5, 0.6) is 5.75 Å². The zero-order valence-electron chi connectivity index (χ0n) is 14.3. The average Bonchev–Trinajstić information content (AvgIpc) is 3.46. The first-order valence-electron chi connectivity index (χ1n) is 8.76. The van der Waals surface area contributed by atoms with Crippen molar-refractivity contribution >= 4 is 16.9 Å². The van der Waals surface area contributed by atoms with Gasteiger partial charge in [0.1, 0.15) is 17.8 Å². The molecular weight excluding hydrogens is 342 g/mol. The lowest BCUT2D eigenvalue weighted by Gasteiger charge is -2.04. The fourth-order valence-corrected chi connectivity index (χ4v) is 2.99. The lowest BCUT2D eigenvalue weighted by Crippen LogP contribution is -2.11. The number of oxazole rings is 1. The third-order valence-corrected chi connectivity index (χ3v) is 4.50. The van der Waals surface area contributed by atoms with Crippen molar-refractivity contribution in [2.75, 3.05) is 0 Å². The highest BCUT2D eigenvalue weighted by atomic mass is 16.5. The number of hydrogen-bond donors (Lipinski definition) is 0. The molecule has 1 saturated carbocycles. The summed E-state index contributed by atoms with van der Waals surface area (Å²) in [5.41, 5.74) is 1.87. The van der Waals surface area contributed by atoms with Gasteiger partial charge in [-0.25, -0.2) is 19.7 Å². The molecule has 0 unspecified atom stereocenters. The van der Waals surface area contributed by atoms with Crippen LogP contribution in [0.2, 0.25) is 0 Å². The quantitative estimate of drug-likeness (QED) is 0.398. The Morgan fingerprint density at radius 3 is 2.78 bits per heavy atom. The Morgan fingerprint density at radius 1 is 1.11 bits per heavy atom. The minimum absolute atomic E-state index is 0.238. The predicted molar refractivity (Wildman–Crippen MR) is 98.4 cm³/mol. The second kappa shape index (κ2) is 6.32. The zero-order chi connectivity index (χ0) is 18.2. The molecule has 2 heterocycles. The SMILES string of the molecule is O=C(Oc1ccc2ncncc2c1)c1nc(-c2ccccc2)oc1C1CC1. The molecule has 1 aliphatic carbocycles. The number of carbonyl (C=O) groups is 1. The summed E-state index contributed by atoms with van der Waals surface area (Å²) in [5.74, 6) is 1.20. The Morgan fingerprint density at radius 2 is 1.96 bits per heavy atom. The molecule has 4 aromatic rings. The van der Waals surface area contributed by atoms with Gasteiger partial charge in [0, 0.05) is 23.1 Å². The van der Waals surface area contributed by atoms with E-state index in [9.17, 15) is 4.79 Å². The van der Waals surface area contributed by atoms with Crippen LogP contribution in [0, 0.1) is 0 Å². The number of carbonyl (C=O) groups excluding carboxylic acids is 1. The minimum Gasteiger partial charge on any atom is -0.440 e. The van der Waals surface area contributed by atoms with Crippen LogP contribution in [0.3, 0.4) is 0 Å². The van der Waals surface area contributed by atoms with E-state index in [1.165, 1.54) is 6.33 Å². The van der Waals surface area contributed by atoms with Gasteiger partial charge < -0.3 is 9.15 Å². The molecule has 6 nitrogen and oxygen atoms in total. The van der Waals surface area contributed by atoms with Gasteiger partial charge in [-0.2, -0.15) is 0 Å². The van der Waals surface area contributed by atoms with Crippen LogP contribution in [0.15, 0.2) is 65.5 Å². The standard InChI is InChI=1S/C21H15N3O3/c25-21(26-16-8-9-17-15(10-16)11-22-12-23-17)18-19(13-6-7-13)27-20(24-18)14-4-2-1-3-5-14/h1-5,8-13H,6-7H2. The third kappa shape index (κ3) is 3.06. The van der Waals surface area contributed by atoms with E-state index in [0.29, 0.717) is 17.4 Å². The van der Waals surface area contributed by atoms with E-state index in [1.807, 2.05) is 30.3 Å². The summed E-state index contributed by atoms with van der Waals surface area (Å²) in [5, 5.41) is 0.801. The maximum absolute atomic E-state index is 12.8. The summed E-state index contributed by atoms with van der Waals surface area (Å²) in [6.07, 6.45) is 5.16. The summed E-state index contributed by atoms with van der Waals surface area (Å²) in [4.78, 5) is 25.4. The molecule has 1 fully saturated rings. The number of fused-ring (bicyclic) bond motifs is 1. The molecular formula is C21H15N3O3. The Kier molecular flexibility index (Phi) is 3.67. The molecule has 27 heavy (non-hydrogen) atoms. The summed E-state index contributed by atoms with van der Waals surface area (Å²) in [6.45, 7) is 0. The zero-order valence-corrected chi connectivity index (χ0v) is 14.3. The predicted octanol–water partition coefficient (Wildman–Crippen LogP) is 4.38. The van der Waals surface area contributed by atoms with Gasteiger partial charge in [0.2, 0.25) is 5.89 Å². The minimum atomic E-state index is -0.515. The van der Waals surface area contributed by atoms with Crippen molar-refractivity contribution in [1.82, 2.24) is 15.0 Å². The number of aromatic nitrogens is 3. The molecule has 0 amide bonds. The third-order valence-electron chi connectivity index (χ3n) is 4.50. The van der Waals surface area contributed by atoms with E-state index < -0.39 is 5.97 Å². The van der Waals surface area contributed by atoms with Crippen molar-refractivity contribution in [2.45, 2.75) is 18.8 Å². The molecule has 0 N–H and O–H groups in total. The number of nitrogens with zero attached hydrogens (tertiary/aromatic N) is 3. The van der Waals surface area contributed by atoms with E-state index >= 15 is 0 Å². The molecule has 0 atom stereocenters. The Hall–Kier alpha value is -3.54. The highest BCUT2D eigenvalue weighted by Gasteiger charge is 2.35. The topological polar surface area (TPSA) is 78.1 Å².